The van der Waals surface area contributed by atoms with Crippen LogP contribution in [0.5, 0.6) is 0 Å². The summed E-state index contributed by atoms with van der Waals surface area (Å²) >= 11 is 3.48. The molecule has 0 fully saturated rings. The second kappa shape index (κ2) is 3.50. The van der Waals surface area contributed by atoms with Crippen LogP contribution in [0.1, 0.15) is 18.5 Å². The van der Waals surface area contributed by atoms with Crippen molar-refractivity contribution in [1.29, 1.82) is 0 Å². The van der Waals surface area contributed by atoms with Crippen molar-refractivity contribution in [3.63, 3.8) is 0 Å². The molecule has 1 atom stereocenters. The van der Waals surface area contributed by atoms with Crippen LogP contribution >= 0.6 is 15.9 Å². The number of hydrogen-bond donors (Lipinski definition) is 0. The Balaban J connectivity index is 2.57. The van der Waals surface area contributed by atoms with Gasteiger partial charge in [0.15, 0.2) is 0 Å². The number of rotatable bonds is 2. The van der Waals surface area contributed by atoms with Gasteiger partial charge in [-0.05, 0) is 12.1 Å². The summed E-state index contributed by atoms with van der Waals surface area (Å²) in [4.78, 5) is 4.33. The van der Waals surface area contributed by atoms with Crippen molar-refractivity contribution in [1.82, 2.24) is 9.38 Å². The molecule has 0 aliphatic rings. The van der Waals surface area contributed by atoms with Gasteiger partial charge in [0.2, 0.25) is 0 Å². The van der Waals surface area contributed by atoms with Crippen LogP contribution < -0.4 is 0 Å². The van der Waals surface area contributed by atoms with Gasteiger partial charge in [-0.3, -0.25) is 0 Å². The average molecular weight is 239 g/mol. The Morgan fingerprint density at radius 1 is 1.54 bits per heavy atom. The molecule has 0 aliphatic carbocycles. The van der Waals surface area contributed by atoms with E-state index in [-0.39, 0.29) is 0 Å². The maximum atomic E-state index is 4.33. The van der Waals surface area contributed by atoms with Crippen molar-refractivity contribution in [2.75, 3.05) is 5.33 Å². The van der Waals surface area contributed by atoms with Crippen molar-refractivity contribution < 1.29 is 0 Å². The van der Waals surface area contributed by atoms with E-state index in [2.05, 4.69) is 38.4 Å². The SMILES string of the molecule is CC(CBr)c1cnc2ccccn12. The summed E-state index contributed by atoms with van der Waals surface area (Å²) in [7, 11) is 0. The summed E-state index contributed by atoms with van der Waals surface area (Å²) in [5.74, 6) is 0.498. The summed E-state index contributed by atoms with van der Waals surface area (Å²) in [6.45, 7) is 2.19. The zero-order valence-electron chi connectivity index (χ0n) is 7.44. The highest BCUT2D eigenvalue weighted by atomic mass is 79.9. The van der Waals surface area contributed by atoms with Gasteiger partial charge >= 0.3 is 0 Å². The predicted molar refractivity (Wildman–Crippen MR) is 57.4 cm³/mol. The number of alkyl halides is 1. The summed E-state index contributed by atoms with van der Waals surface area (Å²) in [6, 6.07) is 6.05. The molecule has 2 rings (SSSR count). The minimum atomic E-state index is 0.498. The molecule has 68 valence electrons. The summed E-state index contributed by atoms with van der Waals surface area (Å²) in [5, 5.41) is 0.968. The molecule has 0 radical (unpaired) electrons. The first-order chi connectivity index (χ1) is 6.33. The molecule has 1 unspecified atom stereocenters. The van der Waals surface area contributed by atoms with Crippen LogP contribution in [0.3, 0.4) is 0 Å². The van der Waals surface area contributed by atoms with Gasteiger partial charge in [-0.2, -0.15) is 0 Å². The highest BCUT2D eigenvalue weighted by molar-refractivity contribution is 9.09. The molecule has 0 bridgehead atoms. The molecule has 0 aromatic carbocycles. The standard InChI is InChI=1S/C10H11BrN2/c1-8(6-11)9-7-12-10-4-2-3-5-13(9)10/h2-5,7-8H,6H2,1H3. The monoisotopic (exact) mass is 238 g/mol. The van der Waals surface area contributed by atoms with E-state index in [1.165, 1.54) is 5.69 Å². The van der Waals surface area contributed by atoms with E-state index in [4.69, 9.17) is 0 Å². The van der Waals surface area contributed by atoms with E-state index in [9.17, 15) is 0 Å². The fraction of sp³-hybridized carbons (Fsp3) is 0.300. The van der Waals surface area contributed by atoms with Crippen LogP contribution in [0.2, 0.25) is 0 Å². The van der Waals surface area contributed by atoms with Crippen molar-refractivity contribution in [3.05, 3.63) is 36.3 Å². The van der Waals surface area contributed by atoms with E-state index >= 15 is 0 Å². The molecule has 3 heteroatoms. The molecule has 2 heterocycles. The molecular formula is C10H11BrN2. The first-order valence-electron chi connectivity index (χ1n) is 4.31. The van der Waals surface area contributed by atoms with Crippen LogP contribution in [-0.2, 0) is 0 Å². The fourth-order valence-corrected chi connectivity index (χ4v) is 1.73. The van der Waals surface area contributed by atoms with Crippen molar-refractivity contribution >= 4 is 21.6 Å². The normalized spacial score (nSPS) is 13.4. The third-order valence-corrected chi connectivity index (χ3v) is 3.15. The number of aromatic nitrogens is 2. The smallest absolute Gasteiger partial charge is 0.136 e. The molecular weight excluding hydrogens is 228 g/mol. The number of halogens is 1. The zero-order valence-corrected chi connectivity index (χ0v) is 9.03. The third kappa shape index (κ3) is 1.48. The van der Waals surface area contributed by atoms with E-state index in [0.717, 1.165) is 11.0 Å². The summed E-state index contributed by atoms with van der Waals surface area (Å²) in [5.41, 5.74) is 2.28. The molecule has 13 heavy (non-hydrogen) atoms. The number of pyridine rings is 1. The van der Waals surface area contributed by atoms with Gasteiger partial charge in [0.25, 0.3) is 0 Å². The molecule has 2 nitrogen and oxygen atoms in total. The lowest BCUT2D eigenvalue weighted by atomic mass is 10.1. The van der Waals surface area contributed by atoms with E-state index in [1.54, 1.807) is 0 Å². The van der Waals surface area contributed by atoms with E-state index in [1.807, 2.05) is 24.4 Å². The first-order valence-corrected chi connectivity index (χ1v) is 5.43. The fourth-order valence-electron chi connectivity index (χ4n) is 1.40. The maximum Gasteiger partial charge on any atom is 0.136 e. The van der Waals surface area contributed by atoms with Crippen LogP contribution in [0.4, 0.5) is 0 Å². The molecule has 0 spiro atoms. The quantitative estimate of drug-likeness (QED) is 0.736. The van der Waals surface area contributed by atoms with Gasteiger partial charge in [-0.25, -0.2) is 4.98 Å². The first kappa shape index (κ1) is 8.75. The van der Waals surface area contributed by atoms with Crippen LogP contribution in [-0.4, -0.2) is 14.7 Å². The van der Waals surface area contributed by atoms with Gasteiger partial charge < -0.3 is 4.40 Å². The lowest BCUT2D eigenvalue weighted by Crippen LogP contribution is -1.98. The average Bonchev–Trinajstić information content (AvgIpc) is 2.60. The largest absolute Gasteiger partial charge is 0.304 e. The van der Waals surface area contributed by atoms with Gasteiger partial charge in [-0.1, -0.05) is 28.9 Å². The second-order valence-electron chi connectivity index (χ2n) is 3.17. The minimum Gasteiger partial charge on any atom is -0.304 e. The molecule has 0 aliphatic heterocycles. The molecule has 0 saturated heterocycles. The third-order valence-electron chi connectivity index (χ3n) is 2.18. The van der Waals surface area contributed by atoms with Crippen molar-refractivity contribution in [2.24, 2.45) is 0 Å². The molecule has 0 amide bonds. The zero-order chi connectivity index (χ0) is 9.26. The number of nitrogens with zero attached hydrogens (tertiary/aromatic N) is 2. The Hall–Kier alpha value is -0.830. The predicted octanol–water partition coefficient (Wildman–Crippen LogP) is 2.83. The second-order valence-corrected chi connectivity index (χ2v) is 3.81. The van der Waals surface area contributed by atoms with Crippen molar-refractivity contribution in [2.45, 2.75) is 12.8 Å². The number of fused-ring (bicyclic) bond motifs is 1. The highest BCUT2D eigenvalue weighted by Crippen LogP contribution is 2.18. The van der Waals surface area contributed by atoms with Gasteiger partial charge in [0.1, 0.15) is 5.65 Å². The van der Waals surface area contributed by atoms with Crippen LogP contribution in [0.25, 0.3) is 5.65 Å². The minimum absolute atomic E-state index is 0.498. The van der Waals surface area contributed by atoms with Crippen LogP contribution in [0, 0.1) is 0 Å². The molecule has 0 N–H and O–H groups in total. The van der Waals surface area contributed by atoms with Crippen molar-refractivity contribution in [3.8, 4) is 0 Å². The molecule has 0 saturated carbocycles. The topological polar surface area (TPSA) is 17.3 Å². The lowest BCUT2D eigenvalue weighted by Gasteiger charge is -2.06. The van der Waals surface area contributed by atoms with Crippen LogP contribution in [0.15, 0.2) is 30.6 Å². The van der Waals surface area contributed by atoms with Gasteiger partial charge in [0, 0.05) is 29.3 Å². The Labute approximate surface area is 85.7 Å². The maximum absolute atomic E-state index is 4.33. The Morgan fingerprint density at radius 3 is 3.15 bits per heavy atom. The Morgan fingerprint density at radius 2 is 2.38 bits per heavy atom. The molecule has 2 aromatic rings. The van der Waals surface area contributed by atoms with E-state index in [0.29, 0.717) is 5.92 Å². The van der Waals surface area contributed by atoms with E-state index < -0.39 is 0 Å². The summed E-state index contributed by atoms with van der Waals surface area (Å²) in [6.07, 6.45) is 4.00. The highest BCUT2D eigenvalue weighted by Gasteiger charge is 2.08. The number of imidazole rings is 1. The Kier molecular flexibility index (Phi) is 2.36. The molecule has 2 aromatic heterocycles. The summed E-state index contributed by atoms with van der Waals surface area (Å²) < 4.78 is 2.13. The van der Waals surface area contributed by atoms with Gasteiger partial charge in [-0.15, -0.1) is 0 Å². The van der Waals surface area contributed by atoms with Gasteiger partial charge in [0.05, 0.1) is 0 Å². The number of hydrogen-bond acceptors (Lipinski definition) is 1. The Bertz CT molecular complexity index is 408. The lowest BCUT2D eigenvalue weighted by molar-refractivity contribution is 0.825.